The van der Waals surface area contributed by atoms with Crippen molar-refractivity contribution in [2.75, 3.05) is 0 Å². The van der Waals surface area contributed by atoms with Gasteiger partial charge < -0.3 is 0 Å². The van der Waals surface area contributed by atoms with Crippen molar-refractivity contribution in [3.05, 3.63) is 53.8 Å². The van der Waals surface area contributed by atoms with Crippen LogP contribution in [0, 0.1) is 5.82 Å². The molecule has 0 aliphatic heterocycles. The lowest BCUT2D eigenvalue weighted by molar-refractivity contribution is 0.101. The number of para-hydroxylation sites is 2. The molecular formula is C14H10FN3O. The normalized spacial score (nSPS) is 10.8. The number of aromatic nitrogens is 3. The predicted octanol–water partition coefficient (Wildman–Crippen LogP) is 2.76. The molecule has 1 aromatic heterocycles. The maximum atomic E-state index is 14.1. The molecule has 0 aliphatic rings. The number of nitrogens with zero attached hydrogens (tertiary/aromatic N) is 3. The van der Waals surface area contributed by atoms with E-state index < -0.39 is 5.82 Å². The van der Waals surface area contributed by atoms with Crippen LogP contribution >= 0.6 is 0 Å². The number of ketones is 1. The highest BCUT2D eigenvalue weighted by Gasteiger charge is 2.17. The van der Waals surface area contributed by atoms with Gasteiger partial charge in [0.25, 0.3) is 0 Å². The molecule has 0 bridgehead atoms. The number of hydrogen-bond donors (Lipinski definition) is 0. The Morgan fingerprint density at radius 1 is 1.16 bits per heavy atom. The van der Waals surface area contributed by atoms with Crippen molar-refractivity contribution in [3.8, 4) is 5.69 Å². The van der Waals surface area contributed by atoms with E-state index in [1.54, 1.807) is 18.2 Å². The third kappa shape index (κ3) is 1.79. The fourth-order valence-electron chi connectivity index (χ4n) is 2.05. The summed E-state index contributed by atoms with van der Waals surface area (Å²) >= 11 is 0. The minimum atomic E-state index is -0.497. The highest BCUT2D eigenvalue weighted by atomic mass is 19.1. The van der Waals surface area contributed by atoms with Gasteiger partial charge in [0.2, 0.25) is 0 Å². The molecule has 3 aromatic rings. The van der Waals surface area contributed by atoms with Crippen molar-refractivity contribution in [1.82, 2.24) is 15.0 Å². The van der Waals surface area contributed by atoms with E-state index >= 15 is 0 Å². The summed E-state index contributed by atoms with van der Waals surface area (Å²) in [7, 11) is 0. The van der Waals surface area contributed by atoms with Crippen LogP contribution in [0.1, 0.15) is 17.3 Å². The maximum absolute atomic E-state index is 14.1. The van der Waals surface area contributed by atoms with E-state index in [2.05, 4.69) is 10.3 Å². The lowest BCUT2D eigenvalue weighted by atomic mass is 10.1. The molecule has 19 heavy (non-hydrogen) atoms. The number of hydrogen-bond acceptors (Lipinski definition) is 3. The minimum Gasteiger partial charge on any atom is -0.294 e. The molecule has 0 amide bonds. The summed E-state index contributed by atoms with van der Waals surface area (Å²) in [5.41, 5.74) is 1.75. The summed E-state index contributed by atoms with van der Waals surface area (Å²) in [6, 6.07) is 11.6. The summed E-state index contributed by atoms with van der Waals surface area (Å²) in [5.74, 6) is -0.711. The predicted molar refractivity (Wildman–Crippen MR) is 68.8 cm³/mol. The van der Waals surface area contributed by atoms with Crippen LogP contribution in [0.3, 0.4) is 0 Å². The third-order valence-electron chi connectivity index (χ3n) is 2.93. The van der Waals surface area contributed by atoms with Crippen molar-refractivity contribution in [3.63, 3.8) is 0 Å². The van der Waals surface area contributed by atoms with Crippen LogP contribution in [-0.4, -0.2) is 20.8 Å². The van der Waals surface area contributed by atoms with Crippen LogP contribution in [-0.2, 0) is 0 Å². The standard InChI is InChI=1S/C14H10FN3O/c1-9(19)10-5-4-6-11(15)14(10)18-13-8-3-2-7-12(13)16-17-18/h2-8H,1H3. The van der Waals surface area contributed by atoms with Crippen molar-refractivity contribution in [1.29, 1.82) is 0 Å². The molecule has 94 valence electrons. The summed E-state index contributed by atoms with van der Waals surface area (Å²) in [6.07, 6.45) is 0. The zero-order valence-electron chi connectivity index (χ0n) is 10.2. The first-order valence-corrected chi connectivity index (χ1v) is 5.79. The van der Waals surface area contributed by atoms with E-state index in [4.69, 9.17) is 0 Å². The second-order valence-electron chi connectivity index (χ2n) is 4.18. The zero-order valence-corrected chi connectivity index (χ0v) is 10.2. The Balaban J connectivity index is 2.36. The van der Waals surface area contributed by atoms with Crippen LogP contribution in [0.15, 0.2) is 42.5 Å². The molecule has 0 spiro atoms. The molecule has 0 saturated carbocycles. The molecule has 2 aromatic carbocycles. The molecular weight excluding hydrogens is 245 g/mol. The van der Waals surface area contributed by atoms with Crippen LogP contribution in [0.25, 0.3) is 16.7 Å². The first kappa shape index (κ1) is 11.5. The molecule has 4 nitrogen and oxygen atoms in total. The highest BCUT2D eigenvalue weighted by Crippen LogP contribution is 2.22. The number of halogens is 1. The number of rotatable bonds is 2. The molecule has 0 aliphatic carbocycles. The lowest BCUT2D eigenvalue weighted by Crippen LogP contribution is -2.07. The maximum Gasteiger partial charge on any atom is 0.162 e. The fraction of sp³-hybridized carbons (Fsp3) is 0.0714. The van der Waals surface area contributed by atoms with E-state index in [0.29, 0.717) is 11.0 Å². The Hall–Kier alpha value is -2.56. The smallest absolute Gasteiger partial charge is 0.162 e. The van der Waals surface area contributed by atoms with E-state index in [1.165, 1.54) is 23.7 Å². The summed E-state index contributed by atoms with van der Waals surface area (Å²) < 4.78 is 15.4. The fourth-order valence-corrected chi connectivity index (χ4v) is 2.05. The third-order valence-corrected chi connectivity index (χ3v) is 2.93. The van der Waals surface area contributed by atoms with Crippen LogP contribution < -0.4 is 0 Å². The number of fused-ring (bicyclic) bond motifs is 1. The molecule has 0 unspecified atom stereocenters. The molecule has 0 N–H and O–H groups in total. The molecule has 0 saturated heterocycles. The Morgan fingerprint density at radius 3 is 2.74 bits per heavy atom. The molecule has 1 heterocycles. The Morgan fingerprint density at radius 2 is 1.95 bits per heavy atom. The van der Waals surface area contributed by atoms with Gasteiger partial charge >= 0.3 is 0 Å². The van der Waals surface area contributed by atoms with Gasteiger partial charge in [0.15, 0.2) is 5.78 Å². The van der Waals surface area contributed by atoms with Crippen molar-refractivity contribution in [2.45, 2.75) is 6.92 Å². The molecule has 0 fully saturated rings. The lowest BCUT2D eigenvalue weighted by Gasteiger charge is -2.08. The van der Waals surface area contributed by atoms with Crippen molar-refractivity contribution >= 4 is 16.8 Å². The summed E-state index contributed by atoms with van der Waals surface area (Å²) in [4.78, 5) is 11.6. The number of carbonyl (C=O) groups is 1. The second kappa shape index (κ2) is 4.28. The Bertz CT molecular complexity index is 779. The highest BCUT2D eigenvalue weighted by molar-refractivity contribution is 5.98. The van der Waals surface area contributed by atoms with Gasteiger partial charge in [-0.25, -0.2) is 9.07 Å². The number of Topliss-reactive ketones (excluding diaryl/α,β-unsaturated/α-hetero) is 1. The average Bonchev–Trinajstić information content (AvgIpc) is 2.82. The van der Waals surface area contributed by atoms with Gasteiger partial charge in [0.1, 0.15) is 17.0 Å². The van der Waals surface area contributed by atoms with Gasteiger partial charge in [-0.2, -0.15) is 0 Å². The minimum absolute atomic E-state index is 0.142. The first-order valence-electron chi connectivity index (χ1n) is 5.79. The van der Waals surface area contributed by atoms with Crippen molar-refractivity contribution in [2.24, 2.45) is 0 Å². The zero-order chi connectivity index (χ0) is 13.4. The Labute approximate surface area is 108 Å². The van der Waals surface area contributed by atoms with Crippen LogP contribution in [0.4, 0.5) is 4.39 Å². The van der Waals surface area contributed by atoms with Gasteiger partial charge in [0.05, 0.1) is 5.52 Å². The number of carbonyl (C=O) groups excluding carboxylic acids is 1. The Kier molecular flexibility index (Phi) is 2.59. The van der Waals surface area contributed by atoms with Gasteiger partial charge in [-0.05, 0) is 31.2 Å². The molecule has 0 radical (unpaired) electrons. The number of benzene rings is 2. The summed E-state index contributed by atoms with van der Waals surface area (Å²) in [5, 5.41) is 7.92. The first-order chi connectivity index (χ1) is 9.18. The SMILES string of the molecule is CC(=O)c1cccc(F)c1-n1nnc2ccccc21. The van der Waals surface area contributed by atoms with Gasteiger partial charge in [-0.1, -0.05) is 23.4 Å². The van der Waals surface area contributed by atoms with Gasteiger partial charge in [0, 0.05) is 5.56 Å². The van der Waals surface area contributed by atoms with Crippen LogP contribution in [0.5, 0.6) is 0 Å². The second-order valence-corrected chi connectivity index (χ2v) is 4.18. The largest absolute Gasteiger partial charge is 0.294 e. The monoisotopic (exact) mass is 255 g/mol. The quantitative estimate of drug-likeness (QED) is 0.661. The van der Waals surface area contributed by atoms with E-state index in [-0.39, 0.29) is 17.0 Å². The summed E-state index contributed by atoms with van der Waals surface area (Å²) in [6.45, 7) is 1.40. The molecule has 0 atom stereocenters. The van der Waals surface area contributed by atoms with E-state index in [0.717, 1.165) is 0 Å². The average molecular weight is 255 g/mol. The molecule has 3 rings (SSSR count). The van der Waals surface area contributed by atoms with E-state index in [1.807, 2.05) is 12.1 Å². The van der Waals surface area contributed by atoms with Gasteiger partial charge in [-0.3, -0.25) is 4.79 Å². The topological polar surface area (TPSA) is 47.8 Å². The van der Waals surface area contributed by atoms with Gasteiger partial charge in [-0.15, -0.1) is 5.10 Å². The molecule has 5 heteroatoms. The van der Waals surface area contributed by atoms with Crippen LogP contribution in [0.2, 0.25) is 0 Å². The van der Waals surface area contributed by atoms with E-state index in [9.17, 15) is 9.18 Å². The van der Waals surface area contributed by atoms with Crippen molar-refractivity contribution < 1.29 is 9.18 Å².